The lowest BCUT2D eigenvalue weighted by molar-refractivity contribution is 0.589. The molecule has 1 aromatic carbocycles. The van der Waals surface area contributed by atoms with Crippen LogP contribution in [-0.4, -0.2) is 12.0 Å². The van der Waals surface area contributed by atoms with E-state index >= 15 is 0 Å². The van der Waals surface area contributed by atoms with Gasteiger partial charge in [-0.1, -0.05) is 31.9 Å². The highest BCUT2D eigenvalue weighted by atomic mass is 79.9. The fourth-order valence-corrected chi connectivity index (χ4v) is 3.98. The van der Waals surface area contributed by atoms with Crippen molar-refractivity contribution >= 4 is 43.2 Å². The summed E-state index contributed by atoms with van der Waals surface area (Å²) in [6, 6.07) is 6.62. The van der Waals surface area contributed by atoms with E-state index in [9.17, 15) is 0 Å². The van der Waals surface area contributed by atoms with Gasteiger partial charge in [-0.15, -0.1) is 11.3 Å². The molecule has 0 spiro atoms. The summed E-state index contributed by atoms with van der Waals surface area (Å²) in [6.45, 7) is 2.03. The van der Waals surface area contributed by atoms with Gasteiger partial charge in [0.1, 0.15) is 0 Å². The monoisotopic (exact) mass is 388 g/mol. The van der Waals surface area contributed by atoms with Gasteiger partial charge in [0.15, 0.2) is 0 Å². The minimum Gasteiger partial charge on any atom is -0.313 e. The van der Waals surface area contributed by atoms with Crippen LogP contribution in [0.4, 0.5) is 0 Å². The molecule has 0 amide bonds. The summed E-state index contributed by atoms with van der Waals surface area (Å²) in [5.74, 6) is 0. The molecule has 0 aliphatic carbocycles. The predicted molar refractivity (Wildman–Crippen MR) is 84.2 cm³/mol. The van der Waals surface area contributed by atoms with Gasteiger partial charge >= 0.3 is 0 Å². The largest absolute Gasteiger partial charge is 0.313 e. The number of nitrogens with one attached hydrogen (secondary N) is 1. The van der Waals surface area contributed by atoms with Crippen molar-refractivity contribution in [3.05, 3.63) is 48.8 Å². The van der Waals surface area contributed by atoms with E-state index in [2.05, 4.69) is 59.7 Å². The fourth-order valence-electron chi connectivity index (χ4n) is 1.83. The number of aromatic nitrogens is 1. The highest BCUT2D eigenvalue weighted by Gasteiger charge is 2.13. The minimum absolute atomic E-state index is 0.282. The predicted octanol–water partition coefficient (Wildman–Crippen LogP) is 4.48. The molecule has 18 heavy (non-hydrogen) atoms. The number of hydrogen-bond acceptors (Lipinski definition) is 3. The average molecular weight is 390 g/mol. The van der Waals surface area contributed by atoms with E-state index < -0.39 is 0 Å². The Balaban J connectivity index is 2.22. The van der Waals surface area contributed by atoms with E-state index in [1.807, 2.05) is 20.0 Å². The van der Waals surface area contributed by atoms with Crippen LogP contribution in [-0.2, 0) is 6.42 Å². The van der Waals surface area contributed by atoms with E-state index in [1.165, 1.54) is 10.6 Å². The molecule has 96 valence electrons. The number of nitrogens with zero attached hydrogens (tertiary/aromatic N) is 1. The summed E-state index contributed by atoms with van der Waals surface area (Å²) in [5, 5.41) is 6.62. The summed E-state index contributed by atoms with van der Waals surface area (Å²) in [6.07, 6.45) is 0.915. The molecule has 1 unspecified atom stereocenters. The molecule has 0 saturated heterocycles. The number of aryl methyl sites for hydroxylation is 1. The SMILES string of the molecule is CNC(Cc1nc(C)cs1)c1cc(Br)cc(Br)c1. The summed E-state index contributed by atoms with van der Waals surface area (Å²) < 4.78 is 2.17. The quantitative estimate of drug-likeness (QED) is 0.833. The van der Waals surface area contributed by atoms with Crippen molar-refractivity contribution in [3.8, 4) is 0 Å². The van der Waals surface area contributed by atoms with Crippen molar-refractivity contribution in [2.45, 2.75) is 19.4 Å². The number of halogens is 2. The van der Waals surface area contributed by atoms with Gasteiger partial charge in [-0.05, 0) is 37.7 Å². The van der Waals surface area contributed by atoms with Crippen molar-refractivity contribution in [3.63, 3.8) is 0 Å². The number of benzene rings is 1. The molecule has 0 fully saturated rings. The second-order valence-electron chi connectivity index (χ2n) is 4.13. The van der Waals surface area contributed by atoms with Gasteiger partial charge < -0.3 is 5.32 Å². The van der Waals surface area contributed by atoms with Gasteiger partial charge in [0.05, 0.1) is 5.01 Å². The molecule has 0 radical (unpaired) electrons. The van der Waals surface area contributed by atoms with Crippen LogP contribution in [0.5, 0.6) is 0 Å². The third-order valence-corrected chi connectivity index (χ3v) is 4.59. The van der Waals surface area contributed by atoms with Crippen molar-refractivity contribution in [2.75, 3.05) is 7.05 Å². The van der Waals surface area contributed by atoms with Crippen molar-refractivity contribution in [2.24, 2.45) is 0 Å². The first-order valence-electron chi connectivity index (χ1n) is 5.62. The fraction of sp³-hybridized carbons (Fsp3) is 0.308. The maximum atomic E-state index is 4.52. The van der Waals surface area contributed by atoms with Crippen LogP contribution in [0.2, 0.25) is 0 Å². The molecule has 2 nitrogen and oxygen atoms in total. The van der Waals surface area contributed by atoms with Crippen LogP contribution in [0.3, 0.4) is 0 Å². The van der Waals surface area contributed by atoms with Crippen LogP contribution >= 0.6 is 43.2 Å². The summed E-state index contributed by atoms with van der Waals surface area (Å²) in [4.78, 5) is 4.52. The molecular weight excluding hydrogens is 376 g/mol. The topological polar surface area (TPSA) is 24.9 Å². The Bertz CT molecular complexity index is 519. The van der Waals surface area contributed by atoms with E-state index in [1.54, 1.807) is 11.3 Å². The third kappa shape index (κ3) is 3.63. The molecular formula is C13H14Br2N2S. The van der Waals surface area contributed by atoms with E-state index in [4.69, 9.17) is 0 Å². The Labute approximate surface area is 128 Å². The maximum absolute atomic E-state index is 4.52. The molecule has 1 aromatic heterocycles. The molecule has 2 aromatic rings. The lowest BCUT2D eigenvalue weighted by Crippen LogP contribution is -2.18. The molecule has 5 heteroatoms. The Morgan fingerprint density at radius 2 is 1.94 bits per heavy atom. The van der Waals surface area contributed by atoms with E-state index in [0.29, 0.717) is 0 Å². The first-order chi connectivity index (χ1) is 8.58. The summed E-state index contributed by atoms with van der Waals surface area (Å²) in [5.41, 5.74) is 2.35. The van der Waals surface area contributed by atoms with Crippen molar-refractivity contribution < 1.29 is 0 Å². The molecule has 2 rings (SSSR count). The Morgan fingerprint density at radius 1 is 1.28 bits per heavy atom. The maximum Gasteiger partial charge on any atom is 0.0947 e. The standard InChI is InChI=1S/C13H14Br2N2S/c1-8-7-18-13(17-8)6-12(16-2)9-3-10(14)5-11(15)4-9/h3-5,7,12,16H,6H2,1-2H3. The third-order valence-electron chi connectivity index (χ3n) is 2.68. The van der Waals surface area contributed by atoms with Gasteiger partial charge in [0.2, 0.25) is 0 Å². The molecule has 0 bridgehead atoms. The molecule has 0 aliphatic rings. The van der Waals surface area contributed by atoms with E-state index in [-0.39, 0.29) is 6.04 Å². The smallest absolute Gasteiger partial charge is 0.0947 e. The lowest BCUT2D eigenvalue weighted by Gasteiger charge is -2.16. The minimum atomic E-state index is 0.282. The zero-order valence-electron chi connectivity index (χ0n) is 10.2. The van der Waals surface area contributed by atoms with Gasteiger partial charge in [0, 0.05) is 32.5 Å². The number of likely N-dealkylation sites (N-methyl/N-ethyl adjacent to an activating group) is 1. The highest BCUT2D eigenvalue weighted by molar-refractivity contribution is 9.11. The first kappa shape index (κ1) is 14.2. The second kappa shape index (κ2) is 6.28. The van der Waals surface area contributed by atoms with Crippen molar-refractivity contribution in [1.82, 2.24) is 10.3 Å². The zero-order valence-corrected chi connectivity index (χ0v) is 14.2. The van der Waals surface area contributed by atoms with Gasteiger partial charge in [-0.3, -0.25) is 0 Å². The van der Waals surface area contributed by atoms with Gasteiger partial charge in [0.25, 0.3) is 0 Å². The molecule has 0 saturated carbocycles. The van der Waals surface area contributed by atoms with E-state index in [0.717, 1.165) is 21.1 Å². The number of hydrogen-bond donors (Lipinski definition) is 1. The zero-order chi connectivity index (χ0) is 13.1. The summed E-state index contributed by atoms with van der Waals surface area (Å²) >= 11 is 8.78. The molecule has 0 aliphatic heterocycles. The first-order valence-corrected chi connectivity index (χ1v) is 8.09. The van der Waals surface area contributed by atoms with Crippen LogP contribution < -0.4 is 5.32 Å². The van der Waals surface area contributed by atoms with Gasteiger partial charge in [-0.25, -0.2) is 4.98 Å². The Hall–Kier alpha value is -0.230. The average Bonchev–Trinajstić information content (AvgIpc) is 2.70. The normalized spacial score (nSPS) is 12.7. The van der Waals surface area contributed by atoms with Crippen LogP contribution in [0.1, 0.15) is 22.3 Å². The molecule has 1 heterocycles. The van der Waals surface area contributed by atoms with Crippen LogP contribution in [0.25, 0.3) is 0 Å². The second-order valence-corrected chi connectivity index (χ2v) is 6.90. The number of rotatable bonds is 4. The number of thiazole rings is 1. The Kier molecular flexibility index (Phi) is 4.95. The highest BCUT2D eigenvalue weighted by Crippen LogP contribution is 2.26. The lowest BCUT2D eigenvalue weighted by atomic mass is 10.0. The summed E-state index contributed by atoms with van der Waals surface area (Å²) in [7, 11) is 1.99. The Morgan fingerprint density at radius 3 is 2.44 bits per heavy atom. The van der Waals surface area contributed by atoms with Crippen molar-refractivity contribution in [1.29, 1.82) is 0 Å². The molecule has 1 atom stereocenters. The van der Waals surface area contributed by atoms with Crippen LogP contribution in [0, 0.1) is 6.92 Å². The van der Waals surface area contributed by atoms with Gasteiger partial charge in [-0.2, -0.15) is 0 Å². The molecule has 1 N–H and O–H groups in total. The van der Waals surface area contributed by atoms with Crippen LogP contribution in [0.15, 0.2) is 32.5 Å².